The van der Waals surface area contributed by atoms with Gasteiger partial charge in [0.25, 0.3) is 5.91 Å². The van der Waals surface area contributed by atoms with Crippen molar-refractivity contribution < 1.29 is 14.0 Å². The fourth-order valence-electron chi connectivity index (χ4n) is 5.97. The van der Waals surface area contributed by atoms with Crippen molar-refractivity contribution >= 4 is 34.8 Å². The number of benzene rings is 2. The number of pyridine rings is 2. The van der Waals surface area contributed by atoms with Crippen LogP contribution in [-0.2, 0) is 29.5 Å². The topological polar surface area (TPSA) is 107 Å². The van der Waals surface area contributed by atoms with Crippen molar-refractivity contribution in [1.29, 1.82) is 0 Å². The van der Waals surface area contributed by atoms with E-state index in [0.29, 0.717) is 43.1 Å². The van der Waals surface area contributed by atoms with Crippen LogP contribution < -0.4 is 21.1 Å². The molecule has 2 amide bonds. The Labute approximate surface area is 216 Å². The zero-order valence-corrected chi connectivity index (χ0v) is 20.2. The largest absolute Gasteiger partial charge is 0.342 e. The Morgan fingerprint density at radius 3 is 2.76 bits per heavy atom. The summed E-state index contributed by atoms with van der Waals surface area (Å²) in [6, 6.07) is 16.9. The van der Waals surface area contributed by atoms with E-state index in [9.17, 15) is 18.8 Å². The number of carbonyl (C=O) groups is 2. The summed E-state index contributed by atoms with van der Waals surface area (Å²) in [7, 11) is 0. The lowest BCUT2D eigenvalue weighted by Crippen LogP contribution is -2.35. The lowest BCUT2D eigenvalue weighted by atomic mass is 9.79. The van der Waals surface area contributed by atoms with Crippen LogP contribution in [0, 0.1) is 5.82 Å². The van der Waals surface area contributed by atoms with Crippen molar-refractivity contribution in [3.8, 4) is 0 Å². The van der Waals surface area contributed by atoms with Crippen LogP contribution in [-0.4, -0.2) is 28.3 Å². The molecule has 2 aromatic heterocycles. The highest BCUT2D eigenvalue weighted by atomic mass is 19.1. The van der Waals surface area contributed by atoms with Gasteiger partial charge in [0.2, 0.25) is 11.5 Å². The first-order valence-corrected chi connectivity index (χ1v) is 12.4. The van der Waals surface area contributed by atoms with Crippen molar-refractivity contribution in [2.75, 3.05) is 22.1 Å². The molecule has 2 aromatic carbocycles. The average molecular weight is 508 g/mol. The molecule has 188 valence electrons. The van der Waals surface area contributed by atoms with E-state index in [4.69, 9.17) is 0 Å². The van der Waals surface area contributed by atoms with E-state index in [1.54, 1.807) is 23.2 Å². The van der Waals surface area contributed by atoms with Gasteiger partial charge >= 0.3 is 0 Å². The number of fused-ring (bicyclic) bond motifs is 4. The second-order valence-corrected chi connectivity index (χ2v) is 10.0. The second-order valence-electron chi connectivity index (χ2n) is 10.0. The number of nitrogens with zero attached hydrogens (tertiary/aromatic N) is 2. The highest BCUT2D eigenvalue weighted by molar-refractivity contribution is 6.08. The van der Waals surface area contributed by atoms with E-state index in [1.807, 2.05) is 30.3 Å². The first kappa shape index (κ1) is 22.4. The molecule has 0 fully saturated rings. The number of nitrogens with one attached hydrogen (secondary N) is 3. The fourth-order valence-corrected chi connectivity index (χ4v) is 5.97. The Kier molecular flexibility index (Phi) is 4.78. The van der Waals surface area contributed by atoms with Crippen LogP contribution in [0.5, 0.6) is 0 Å². The zero-order chi connectivity index (χ0) is 26.0. The third-order valence-electron chi connectivity index (χ3n) is 7.73. The van der Waals surface area contributed by atoms with Crippen LogP contribution in [0.25, 0.3) is 0 Å². The van der Waals surface area contributed by atoms with E-state index in [0.717, 1.165) is 27.9 Å². The minimum absolute atomic E-state index is 0.0429. The lowest BCUT2D eigenvalue weighted by molar-refractivity contribution is -0.120. The van der Waals surface area contributed by atoms with Crippen LogP contribution in [0.4, 0.5) is 27.4 Å². The van der Waals surface area contributed by atoms with E-state index < -0.39 is 11.0 Å². The molecule has 0 saturated heterocycles. The highest BCUT2D eigenvalue weighted by Crippen LogP contribution is 2.47. The Morgan fingerprint density at radius 1 is 1.00 bits per heavy atom. The predicted octanol–water partition coefficient (Wildman–Crippen LogP) is 3.84. The Balaban J connectivity index is 1.15. The Morgan fingerprint density at radius 2 is 1.87 bits per heavy atom. The molecule has 8 nitrogen and oxygen atoms in total. The molecule has 0 saturated carbocycles. The third-order valence-corrected chi connectivity index (χ3v) is 7.73. The summed E-state index contributed by atoms with van der Waals surface area (Å²) in [6.07, 6.45) is 3.37. The second kappa shape index (κ2) is 8.11. The van der Waals surface area contributed by atoms with Gasteiger partial charge in [0.05, 0.1) is 5.41 Å². The number of aromatic nitrogens is 2. The molecule has 3 aliphatic rings. The normalized spacial score (nSPS) is 18.8. The van der Waals surface area contributed by atoms with Crippen LogP contribution in [0.1, 0.15) is 32.6 Å². The molecule has 1 atom stereocenters. The predicted molar refractivity (Wildman–Crippen MR) is 141 cm³/mol. The third kappa shape index (κ3) is 3.42. The molecular weight excluding hydrogens is 485 g/mol. The summed E-state index contributed by atoms with van der Waals surface area (Å²) in [4.78, 5) is 47.4. The van der Waals surface area contributed by atoms with Crippen LogP contribution in [0.2, 0.25) is 0 Å². The standard InChI is InChI=1S/C29H22FN5O3/c30-20-4-6-23-16(10-20)7-9-35(23)27(37)18-12-24(33-25(36)13-18)32-21-5-3-17-14-29(15-19(17)11-21)22-2-1-8-31-26(22)34-28(29)38/h1-6,8,10-13H,7,9,14-15H2,(H,31,34,38)(H2,32,33,36). The van der Waals surface area contributed by atoms with Crippen molar-refractivity contribution in [2.24, 2.45) is 0 Å². The average Bonchev–Trinajstić information content (AvgIpc) is 3.57. The summed E-state index contributed by atoms with van der Waals surface area (Å²) in [6.45, 7) is 0.423. The highest BCUT2D eigenvalue weighted by Gasteiger charge is 2.51. The molecule has 3 N–H and O–H groups in total. The molecule has 4 aromatic rings. The minimum atomic E-state index is -0.667. The molecule has 4 heterocycles. The number of rotatable bonds is 3. The van der Waals surface area contributed by atoms with Gasteiger partial charge in [0, 0.05) is 41.3 Å². The van der Waals surface area contributed by atoms with Gasteiger partial charge in [-0.05, 0) is 78.4 Å². The van der Waals surface area contributed by atoms with Gasteiger partial charge in [0.15, 0.2) is 0 Å². The van der Waals surface area contributed by atoms with Gasteiger partial charge in [0.1, 0.15) is 17.5 Å². The number of halogens is 1. The number of hydrogen-bond donors (Lipinski definition) is 3. The molecule has 9 heteroatoms. The SMILES string of the molecule is O=C(c1cc(Nc2ccc3c(c2)CC2(C3)C(=O)Nc3ncccc32)[nH]c(=O)c1)N1CCc2cc(F)ccc21. The van der Waals surface area contributed by atoms with Crippen LogP contribution in [0.15, 0.2) is 71.7 Å². The molecule has 1 aliphatic carbocycles. The maximum absolute atomic E-state index is 13.6. The molecule has 1 unspecified atom stereocenters. The fraction of sp³-hybridized carbons (Fsp3) is 0.172. The summed E-state index contributed by atoms with van der Waals surface area (Å²) in [5.74, 6) is 0.294. The van der Waals surface area contributed by atoms with E-state index >= 15 is 0 Å². The van der Waals surface area contributed by atoms with Gasteiger partial charge < -0.3 is 20.5 Å². The van der Waals surface area contributed by atoms with E-state index in [-0.39, 0.29) is 23.2 Å². The number of anilines is 4. The summed E-state index contributed by atoms with van der Waals surface area (Å²) >= 11 is 0. The Bertz CT molecular complexity index is 1730. The van der Waals surface area contributed by atoms with E-state index in [2.05, 4.69) is 20.6 Å². The molecule has 2 aliphatic heterocycles. The first-order chi connectivity index (χ1) is 18.4. The number of amides is 2. The number of aromatic amines is 1. The molecule has 7 rings (SSSR count). The molecule has 0 bridgehead atoms. The van der Waals surface area contributed by atoms with Crippen molar-refractivity contribution in [1.82, 2.24) is 9.97 Å². The molecule has 1 spiro atoms. The van der Waals surface area contributed by atoms with Crippen LogP contribution >= 0.6 is 0 Å². The molecule has 0 radical (unpaired) electrons. The maximum Gasteiger partial charge on any atom is 0.258 e. The summed E-state index contributed by atoms with van der Waals surface area (Å²) < 4.78 is 13.6. The maximum atomic E-state index is 13.6. The van der Waals surface area contributed by atoms with Gasteiger partial charge in [-0.25, -0.2) is 9.37 Å². The monoisotopic (exact) mass is 507 g/mol. The summed E-state index contributed by atoms with van der Waals surface area (Å²) in [5.41, 5.74) is 4.36. The van der Waals surface area contributed by atoms with Crippen molar-refractivity contribution in [3.63, 3.8) is 0 Å². The van der Waals surface area contributed by atoms with Crippen LogP contribution in [0.3, 0.4) is 0 Å². The zero-order valence-electron chi connectivity index (χ0n) is 20.2. The first-order valence-electron chi connectivity index (χ1n) is 12.4. The quantitative estimate of drug-likeness (QED) is 0.391. The van der Waals surface area contributed by atoms with Gasteiger partial charge in [-0.3, -0.25) is 14.4 Å². The lowest BCUT2D eigenvalue weighted by Gasteiger charge is -2.20. The number of carbonyl (C=O) groups excluding carboxylic acids is 2. The minimum Gasteiger partial charge on any atom is -0.342 e. The molecular formula is C29H22FN5O3. The Hall–Kier alpha value is -4.79. The molecule has 38 heavy (non-hydrogen) atoms. The van der Waals surface area contributed by atoms with Gasteiger partial charge in [-0.2, -0.15) is 0 Å². The smallest absolute Gasteiger partial charge is 0.258 e. The number of H-pyrrole nitrogens is 1. The van der Waals surface area contributed by atoms with Crippen molar-refractivity contribution in [3.05, 3.63) is 111 Å². The van der Waals surface area contributed by atoms with Gasteiger partial charge in [-0.15, -0.1) is 0 Å². The van der Waals surface area contributed by atoms with E-state index in [1.165, 1.54) is 18.2 Å². The van der Waals surface area contributed by atoms with Crippen molar-refractivity contribution in [2.45, 2.75) is 24.7 Å². The number of hydrogen-bond acceptors (Lipinski definition) is 5. The van der Waals surface area contributed by atoms with Gasteiger partial charge in [-0.1, -0.05) is 12.1 Å². The summed E-state index contributed by atoms with van der Waals surface area (Å²) in [5, 5.41) is 6.12.